The normalized spacial score (nSPS) is 16.2. The number of carbonyl (C=O) groups is 2. The van der Waals surface area contributed by atoms with Crippen molar-refractivity contribution in [3.63, 3.8) is 0 Å². The zero-order valence-electron chi connectivity index (χ0n) is 20.2. The molecular weight excluding hydrogens is 464 g/mol. The van der Waals surface area contributed by atoms with E-state index < -0.39 is 6.04 Å². The Morgan fingerprint density at radius 1 is 1.06 bits per heavy atom. The lowest BCUT2D eigenvalue weighted by atomic mass is 10.0. The van der Waals surface area contributed by atoms with E-state index in [0.29, 0.717) is 31.2 Å². The summed E-state index contributed by atoms with van der Waals surface area (Å²) in [5.74, 6) is -0.590. The number of H-pyrrole nitrogens is 1. The van der Waals surface area contributed by atoms with Crippen molar-refractivity contribution in [2.24, 2.45) is 5.92 Å². The van der Waals surface area contributed by atoms with Crippen molar-refractivity contribution in [3.05, 3.63) is 70.9 Å². The monoisotopic (exact) mass is 496 g/mol. The van der Waals surface area contributed by atoms with Gasteiger partial charge in [-0.25, -0.2) is 0 Å². The molecule has 2 atom stereocenters. The van der Waals surface area contributed by atoms with Crippen molar-refractivity contribution in [2.45, 2.75) is 32.4 Å². The minimum Gasteiger partial charge on any atom is -0.379 e. The lowest BCUT2D eigenvalue weighted by Crippen LogP contribution is -2.51. The van der Waals surface area contributed by atoms with Crippen molar-refractivity contribution >= 4 is 34.3 Å². The fourth-order valence-electron chi connectivity index (χ4n) is 4.46. The van der Waals surface area contributed by atoms with Gasteiger partial charge in [-0.15, -0.1) is 0 Å². The van der Waals surface area contributed by atoms with Gasteiger partial charge in [-0.05, 0) is 23.3 Å². The molecule has 2 aromatic carbocycles. The van der Waals surface area contributed by atoms with E-state index in [9.17, 15) is 9.59 Å². The average molecular weight is 497 g/mol. The number of hydrogen-bond acceptors (Lipinski definition) is 4. The fraction of sp³-hybridized carbons (Fsp3) is 0.407. The summed E-state index contributed by atoms with van der Waals surface area (Å²) in [5, 5.41) is 7.77. The highest BCUT2D eigenvalue weighted by Crippen LogP contribution is 2.28. The van der Waals surface area contributed by atoms with Gasteiger partial charge in [0, 0.05) is 54.1 Å². The number of morpholine rings is 1. The predicted molar refractivity (Wildman–Crippen MR) is 138 cm³/mol. The molecule has 1 aliphatic heterocycles. The molecule has 1 saturated heterocycles. The van der Waals surface area contributed by atoms with Crippen LogP contribution in [0.4, 0.5) is 0 Å². The van der Waals surface area contributed by atoms with Gasteiger partial charge in [-0.2, -0.15) is 0 Å². The number of halogens is 1. The first kappa shape index (κ1) is 25.2. The molecule has 8 heteroatoms. The van der Waals surface area contributed by atoms with Crippen LogP contribution in [0, 0.1) is 5.92 Å². The Balaban J connectivity index is 1.53. The van der Waals surface area contributed by atoms with Crippen LogP contribution in [0.3, 0.4) is 0 Å². The van der Waals surface area contributed by atoms with E-state index in [0.717, 1.165) is 35.1 Å². The molecule has 0 radical (unpaired) electrons. The van der Waals surface area contributed by atoms with Crippen molar-refractivity contribution in [3.8, 4) is 0 Å². The molecule has 0 saturated carbocycles. The standard InChI is InChI=1S/C27H33ClN4O3/c1-18(2)26(33)31-24(15-19-16-29-23-10-6-4-7-20(19)23)27(34)30-17-25(32-11-13-35-14-12-32)21-8-3-5-9-22(21)28/h3-10,16,18,24-25,29H,11-15,17H2,1-2H3,(H,30,34)(H,31,33). The lowest BCUT2D eigenvalue weighted by molar-refractivity contribution is -0.130. The largest absolute Gasteiger partial charge is 0.379 e. The Hall–Kier alpha value is -2.87. The van der Waals surface area contributed by atoms with Crippen molar-refractivity contribution < 1.29 is 14.3 Å². The summed E-state index contributed by atoms with van der Waals surface area (Å²) in [6.45, 7) is 6.82. The molecule has 0 spiro atoms. The van der Waals surface area contributed by atoms with Gasteiger partial charge < -0.3 is 20.4 Å². The van der Waals surface area contributed by atoms with Gasteiger partial charge in [0.2, 0.25) is 11.8 Å². The van der Waals surface area contributed by atoms with E-state index in [1.807, 2.05) is 68.6 Å². The lowest BCUT2D eigenvalue weighted by Gasteiger charge is -2.35. The molecule has 1 fully saturated rings. The molecule has 2 heterocycles. The number of ether oxygens (including phenoxy) is 1. The summed E-state index contributed by atoms with van der Waals surface area (Å²) in [5.41, 5.74) is 2.96. The Kier molecular flexibility index (Phi) is 8.44. The minimum atomic E-state index is -0.694. The van der Waals surface area contributed by atoms with Crippen LogP contribution < -0.4 is 10.6 Å². The topological polar surface area (TPSA) is 86.5 Å². The van der Waals surface area contributed by atoms with Gasteiger partial charge in [0.25, 0.3) is 0 Å². The van der Waals surface area contributed by atoms with Crippen LogP contribution in [0.2, 0.25) is 5.02 Å². The van der Waals surface area contributed by atoms with E-state index in [2.05, 4.69) is 20.5 Å². The summed E-state index contributed by atoms with van der Waals surface area (Å²) < 4.78 is 5.53. The Morgan fingerprint density at radius 2 is 1.77 bits per heavy atom. The van der Waals surface area contributed by atoms with E-state index in [4.69, 9.17) is 16.3 Å². The van der Waals surface area contributed by atoms with Crippen LogP contribution in [0.25, 0.3) is 10.9 Å². The van der Waals surface area contributed by atoms with Gasteiger partial charge >= 0.3 is 0 Å². The van der Waals surface area contributed by atoms with E-state index in [1.165, 1.54) is 0 Å². The maximum absolute atomic E-state index is 13.5. The minimum absolute atomic E-state index is 0.0916. The zero-order valence-corrected chi connectivity index (χ0v) is 21.0. The second kappa shape index (κ2) is 11.7. The number of rotatable bonds is 9. The van der Waals surface area contributed by atoms with Crippen LogP contribution in [0.15, 0.2) is 54.7 Å². The van der Waals surface area contributed by atoms with Gasteiger partial charge in [0.1, 0.15) is 6.04 Å². The van der Waals surface area contributed by atoms with Crippen molar-refractivity contribution in [2.75, 3.05) is 32.8 Å². The molecule has 0 aliphatic carbocycles. The highest BCUT2D eigenvalue weighted by atomic mass is 35.5. The second-order valence-electron chi connectivity index (χ2n) is 9.21. The van der Waals surface area contributed by atoms with E-state index in [1.54, 1.807) is 0 Å². The second-order valence-corrected chi connectivity index (χ2v) is 9.62. The molecule has 0 bridgehead atoms. The van der Waals surface area contributed by atoms with Crippen LogP contribution in [-0.4, -0.2) is 60.6 Å². The molecule has 186 valence electrons. The van der Waals surface area contributed by atoms with Gasteiger partial charge in [-0.3, -0.25) is 14.5 Å². The SMILES string of the molecule is CC(C)C(=O)NC(Cc1c[nH]c2ccccc12)C(=O)NCC(c1ccccc1Cl)N1CCOCC1. The third kappa shape index (κ3) is 6.23. The molecule has 3 aromatic rings. The first-order valence-corrected chi connectivity index (χ1v) is 12.5. The molecule has 3 N–H and O–H groups in total. The Morgan fingerprint density at radius 3 is 2.51 bits per heavy atom. The van der Waals surface area contributed by atoms with Crippen LogP contribution >= 0.6 is 11.6 Å². The number of carbonyl (C=O) groups excluding carboxylic acids is 2. The zero-order chi connectivity index (χ0) is 24.8. The predicted octanol–water partition coefficient (Wildman–Crippen LogP) is 3.69. The Bertz CT molecular complexity index is 1160. The van der Waals surface area contributed by atoms with Crippen molar-refractivity contribution in [1.29, 1.82) is 0 Å². The number of nitrogens with zero attached hydrogens (tertiary/aromatic N) is 1. The number of amides is 2. The highest BCUT2D eigenvalue weighted by molar-refractivity contribution is 6.31. The smallest absolute Gasteiger partial charge is 0.242 e. The fourth-order valence-corrected chi connectivity index (χ4v) is 4.72. The molecule has 2 unspecified atom stereocenters. The molecule has 35 heavy (non-hydrogen) atoms. The van der Waals surface area contributed by atoms with Gasteiger partial charge in [0.05, 0.1) is 19.3 Å². The Labute approximate surface area is 211 Å². The number of nitrogens with one attached hydrogen (secondary N) is 3. The van der Waals surface area contributed by atoms with Gasteiger partial charge in [0.15, 0.2) is 0 Å². The maximum Gasteiger partial charge on any atom is 0.242 e. The number of benzene rings is 2. The molecule has 2 amide bonds. The van der Waals surface area contributed by atoms with E-state index in [-0.39, 0.29) is 23.8 Å². The summed E-state index contributed by atoms with van der Waals surface area (Å²) in [7, 11) is 0. The quantitative estimate of drug-likeness (QED) is 0.421. The number of aromatic amines is 1. The summed E-state index contributed by atoms with van der Waals surface area (Å²) in [6.07, 6.45) is 2.30. The summed E-state index contributed by atoms with van der Waals surface area (Å²) in [6, 6.07) is 14.9. The molecule has 1 aromatic heterocycles. The molecular formula is C27H33ClN4O3. The third-order valence-electron chi connectivity index (χ3n) is 6.48. The molecule has 4 rings (SSSR count). The molecule has 1 aliphatic rings. The summed E-state index contributed by atoms with van der Waals surface area (Å²) >= 11 is 6.54. The summed E-state index contributed by atoms with van der Waals surface area (Å²) in [4.78, 5) is 31.6. The highest BCUT2D eigenvalue weighted by Gasteiger charge is 2.28. The van der Waals surface area contributed by atoms with Gasteiger partial charge in [-0.1, -0.05) is 61.8 Å². The third-order valence-corrected chi connectivity index (χ3v) is 6.82. The average Bonchev–Trinajstić information content (AvgIpc) is 3.28. The van der Waals surface area contributed by atoms with Crippen LogP contribution in [0.5, 0.6) is 0 Å². The van der Waals surface area contributed by atoms with Crippen LogP contribution in [-0.2, 0) is 20.7 Å². The number of aromatic nitrogens is 1. The number of fused-ring (bicyclic) bond motifs is 1. The number of para-hydroxylation sites is 1. The van der Waals surface area contributed by atoms with E-state index >= 15 is 0 Å². The van der Waals surface area contributed by atoms with Crippen molar-refractivity contribution in [1.82, 2.24) is 20.5 Å². The van der Waals surface area contributed by atoms with Crippen LogP contribution in [0.1, 0.15) is 31.0 Å². The molecule has 7 nitrogen and oxygen atoms in total. The first-order chi connectivity index (χ1) is 16.9. The first-order valence-electron chi connectivity index (χ1n) is 12.1. The maximum atomic E-state index is 13.5. The number of hydrogen-bond donors (Lipinski definition) is 3.